The number of likely N-dealkylation sites (N-methyl/N-ethyl adjacent to an activating group) is 1. The van der Waals surface area contributed by atoms with Gasteiger partial charge in [-0.05, 0) is 59.5 Å². The number of phosphoric acid groups is 1. The van der Waals surface area contributed by atoms with E-state index in [0.29, 0.717) is 17.6 Å². The molecule has 1 N–H and O–H groups in total. The molecule has 0 spiro atoms. The minimum Gasteiger partial charge on any atom is -0.329 e. The van der Waals surface area contributed by atoms with Crippen LogP contribution in [-0.2, 0) is 20.0 Å². The van der Waals surface area contributed by atoms with Gasteiger partial charge in [-0.3, -0.25) is 9.05 Å². The van der Waals surface area contributed by atoms with Crippen molar-refractivity contribution in [3.8, 4) is 0 Å². The number of phosphoric ester groups is 1. The molecule has 0 aliphatic heterocycles. The molecule has 36 heavy (non-hydrogen) atoms. The van der Waals surface area contributed by atoms with Crippen LogP contribution in [0.4, 0.5) is 0 Å². The summed E-state index contributed by atoms with van der Waals surface area (Å²) < 4.78 is 23.9. The number of rotatable bonds is 24. The second-order valence-electron chi connectivity index (χ2n) is 11.2. The first kappa shape index (κ1) is 34.0. The van der Waals surface area contributed by atoms with Crippen LogP contribution >= 0.6 is 30.4 Å². The molecule has 1 unspecified atom stereocenters. The van der Waals surface area contributed by atoms with Crippen molar-refractivity contribution in [1.82, 2.24) is 0 Å². The molecule has 1 aromatic carbocycles. The highest BCUT2D eigenvalue weighted by atomic mass is 131. The van der Waals surface area contributed by atoms with Gasteiger partial charge in [-0.15, -0.1) is 0 Å². The van der Waals surface area contributed by atoms with Gasteiger partial charge in [-0.1, -0.05) is 102 Å². The van der Waals surface area contributed by atoms with Crippen LogP contribution in [-0.4, -0.2) is 50.3 Å². The zero-order valence-corrected chi connectivity index (χ0v) is 26.4. The summed E-state index contributed by atoms with van der Waals surface area (Å²) >= 11 is 2.37. The van der Waals surface area contributed by atoms with Gasteiger partial charge < -0.3 is 9.38 Å². The first-order valence-corrected chi connectivity index (χ1v) is 16.9. The maximum Gasteiger partial charge on any atom is 0.472 e. The molecule has 0 amide bonds. The molecule has 1 rings (SSSR count). The van der Waals surface area contributed by atoms with Crippen molar-refractivity contribution in [1.29, 1.82) is 0 Å². The number of unbranched alkanes of at least 4 members (excludes halogenated alkanes) is 15. The smallest absolute Gasteiger partial charge is 0.329 e. The molecule has 1 atom stereocenters. The lowest BCUT2D eigenvalue weighted by molar-refractivity contribution is -0.870. The Balaban J connectivity index is 1.76. The maximum atomic E-state index is 11.8. The largest absolute Gasteiger partial charge is 0.472 e. The van der Waals surface area contributed by atoms with Gasteiger partial charge in [0.15, 0.2) is 0 Å². The highest BCUT2D eigenvalue weighted by Gasteiger charge is 2.21. The van der Waals surface area contributed by atoms with E-state index in [2.05, 4.69) is 46.9 Å². The second-order valence-corrected chi connectivity index (χ2v) is 13.9. The molecule has 0 saturated carbocycles. The minimum atomic E-state index is -3.89. The number of halogens is 1. The Morgan fingerprint density at radius 1 is 0.667 bits per heavy atom. The van der Waals surface area contributed by atoms with Crippen LogP contribution < -0.4 is 0 Å². The summed E-state index contributed by atoms with van der Waals surface area (Å²) in [5, 5.41) is 0. The van der Waals surface area contributed by atoms with E-state index in [4.69, 9.17) is 9.05 Å². The Kier molecular flexibility index (Phi) is 19.8. The van der Waals surface area contributed by atoms with E-state index in [9.17, 15) is 9.46 Å². The van der Waals surface area contributed by atoms with Gasteiger partial charge in [0.25, 0.3) is 0 Å². The zero-order valence-electron chi connectivity index (χ0n) is 23.4. The average molecular weight is 643 g/mol. The third kappa shape index (κ3) is 22.0. The Bertz CT molecular complexity index is 694. The van der Waals surface area contributed by atoms with Crippen LogP contribution in [0, 0.1) is 3.57 Å². The molecule has 5 nitrogen and oxygen atoms in total. The molecule has 0 aromatic heterocycles. The predicted octanol–water partition coefficient (Wildman–Crippen LogP) is 8.92. The van der Waals surface area contributed by atoms with E-state index in [1.807, 2.05) is 21.1 Å². The first-order chi connectivity index (χ1) is 17.2. The summed E-state index contributed by atoms with van der Waals surface area (Å²) in [7, 11) is 2.16. The van der Waals surface area contributed by atoms with E-state index in [1.54, 1.807) is 0 Å². The van der Waals surface area contributed by atoms with Crippen LogP contribution in [0.1, 0.15) is 108 Å². The zero-order chi connectivity index (χ0) is 26.5. The fraction of sp³-hybridized carbons (Fsp3) is 0.793. The number of quaternary nitrogens is 1. The van der Waals surface area contributed by atoms with Gasteiger partial charge in [0.1, 0.15) is 13.2 Å². The molecule has 7 heteroatoms. The number of aryl methyl sites for hydroxylation is 1. The van der Waals surface area contributed by atoms with E-state index in [1.165, 1.54) is 105 Å². The molecule has 0 saturated heterocycles. The first-order valence-electron chi connectivity index (χ1n) is 14.3. The van der Waals surface area contributed by atoms with Crippen molar-refractivity contribution in [2.24, 2.45) is 0 Å². The fourth-order valence-corrected chi connectivity index (χ4v) is 5.31. The lowest BCUT2D eigenvalue weighted by atomic mass is 10.0. The van der Waals surface area contributed by atoms with Crippen molar-refractivity contribution < 1.29 is 23.0 Å². The molecule has 0 aliphatic carbocycles. The third-order valence-electron chi connectivity index (χ3n) is 6.54. The Morgan fingerprint density at radius 2 is 1.06 bits per heavy atom. The molecule has 0 fully saturated rings. The SMILES string of the molecule is C[N+](C)(C)CCOP(=O)(O)OCCCCCCCCCCCCCCCCCCc1ccc([131I])cc1. The fourth-order valence-electron chi connectivity index (χ4n) is 4.20. The molecule has 210 valence electrons. The monoisotopic (exact) mass is 642 g/mol. The normalized spacial score (nSPS) is 13.7. The lowest BCUT2D eigenvalue weighted by Gasteiger charge is -2.24. The standard InChI is InChI=1S/C29H53INO4P/c1-31(2,3)25-27-35-36(32,33)34-26-19-17-15-13-11-9-7-5-4-6-8-10-12-14-16-18-20-28-21-23-29(30)24-22-28/h21-24H,4-20,25-27H2,1-3H3/p+1/i30+4. The summed E-state index contributed by atoms with van der Waals surface area (Å²) in [6.07, 6.45) is 22.0. The van der Waals surface area contributed by atoms with Crippen LogP contribution in [0.25, 0.3) is 0 Å². The molecule has 0 bridgehead atoms. The van der Waals surface area contributed by atoms with Crippen molar-refractivity contribution in [2.45, 2.75) is 109 Å². The van der Waals surface area contributed by atoms with E-state index >= 15 is 0 Å². The number of hydrogen-bond acceptors (Lipinski definition) is 3. The van der Waals surface area contributed by atoms with Crippen LogP contribution in [0.15, 0.2) is 24.3 Å². The number of benzene rings is 1. The van der Waals surface area contributed by atoms with E-state index < -0.39 is 7.82 Å². The summed E-state index contributed by atoms with van der Waals surface area (Å²) in [5.74, 6) is 0. The topological polar surface area (TPSA) is 55.8 Å². The Labute approximate surface area is 236 Å². The van der Waals surface area contributed by atoms with Gasteiger partial charge in [-0.2, -0.15) is 0 Å². The third-order valence-corrected chi connectivity index (χ3v) is 8.28. The van der Waals surface area contributed by atoms with Gasteiger partial charge in [-0.25, -0.2) is 4.57 Å². The van der Waals surface area contributed by atoms with E-state index in [-0.39, 0.29) is 6.61 Å². The van der Waals surface area contributed by atoms with Crippen molar-refractivity contribution in [3.05, 3.63) is 33.4 Å². The summed E-state index contributed by atoms with van der Waals surface area (Å²) in [5.41, 5.74) is 1.48. The lowest BCUT2D eigenvalue weighted by Crippen LogP contribution is -2.37. The molecule has 0 heterocycles. The molecular weight excluding hydrogens is 588 g/mol. The average Bonchev–Trinajstić information content (AvgIpc) is 2.80. The van der Waals surface area contributed by atoms with Crippen molar-refractivity contribution in [3.63, 3.8) is 0 Å². The van der Waals surface area contributed by atoms with Gasteiger partial charge in [0.05, 0.1) is 27.7 Å². The van der Waals surface area contributed by atoms with Gasteiger partial charge in [0.2, 0.25) is 0 Å². The molecule has 0 radical (unpaired) electrons. The highest BCUT2D eigenvalue weighted by molar-refractivity contribution is 14.1. The quantitative estimate of drug-likeness (QED) is 0.0530. The van der Waals surface area contributed by atoms with Crippen LogP contribution in [0.3, 0.4) is 0 Å². The van der Waals surface area contributed by atoms with Gasteiger partial charge in [0, 0.05) is 3.57 Å². The van der Waals surface area contributed by atoms with Crippen LogP contribution in [0.5, 0.6) is 0 Å². The van der Waals surface area contributed by atoms with Crippen molar-refractivity contribution >= 4 is 30.4 Å². The maximum absolute atomic E-state index is 11.8. The van der Waals surface area contributed by atoms with E-state index in [0.717, 1.165) is 12.8 Å². The second kappa shape index (κ2) is 20.9. The number of nitrogens with zero attached hydrogens (tertiary/aromatic N) is 1. The summed E-state index contributed by atoms with van der Waals surface area (Å²) in [6, 6.07) is 8.95. The number of hydrogen-bond donors (Lipinski definition) is 1. The van der Waals surface area contributed by atoms with Crippen LogP contribution in [0.2, 0.25) is 0 Å². The Hall–Kier alpha value is 0.0200. The predicted molar refractivity (Wildman–Crippen MR) is 161 cm³/mol. The minimum absolute atomic E-state index is 0.229. The molecular formula is C29H54INO4P+. The van der Waals surface area contributed by atoms with Gasteiger partial charge >= 0.3 is 7.82 Å². The molecule has 0 aliphatic rings. The summed E-state index contributed by atoms with van der Waals surface area (Å²) in [4.78, 5) is 9.69. The van der Waals surface area contributed by atoms with Crippen molar-refractivity contribution in [2.75, 3.05) is 40.9 Å². The summed E-state index contributed by atoms with van der Waals surface area (Å²) in [6.45, 7) is 1.20. The molecule has 1 aromatic rings. The Morgan fingerprint density at radius 3 is 1.50 bits per heavy atom. The highest BCUT2D eigenvalue weighted by Crippen LogP contribution is 2.43.